The van der Waals surface area contributed by atoms with Crippen molar-refractivity contribution in [2.45, 2.75) is 6.92 Å². The van der Waals surface area contributed by atoms with Gasteiger partial charge < -0.3 is 5.73 Å². The maximum atomic E-state index is 5.17. The molecule has 0 aliphatic rings. The number of hydrogen-bond acceptors (Lipinski definition) is 3. The van der Waals surface area contributed by atoms with Gasteiger partial charge in [0.1, 0.15) is 0 Å². The molecule has 0 aromatic carbocycles. The number of nitrogens with one attached hydrogen (secondary N) is 1. The highest BCUT2D eigenvalue weighted by atomic mass is 32.1. The zero-order valence-corrected chi connectivity index (χ0v) is 8.01. The van der Waals surface area contributed by atoms with Crippen LogP contribution in [0.25, 0.3) is 0 Å². The van der Waals surface area contributed by atoms with Gasteiger partial charge in [-0.1, -0.05) is 6.07 Å². The van der Waals surface area contributed by atoms with Gasteiger partial charge >= 0.3 is 0 Å². The number of aryl methyl sites for hydroxylation is 1. The molecule has 0 bridgehead atoms. The second-order valence-electron chi connectivity index (χ2n) is 2.49. The van der Waals surface area contributed by atoms with E-state index in [1.807, 2.05) is 19.1 Å². The molecule has 0 spiro atoms. The van der Waals surface area contributed by atoms with Gasteiger partial charge in [-0.3, -0.25) is 10.4 Å². The smallest absolute Gasteiger partial charge is 0.184 e. The third-order valence-electron chi connectivity index (χ3n) is 1.31. The summed E-state index contributed by atoms with van der Waals surface area (Å²) < 4.78 is 0. The second kappa shape index (κ2) is 4.51. The molecule has 3 N–H and O–H groups in total. The lowest BCUT2D eigenvalue weighted by Gasteiger charge is -1.94. The minimum absolute atomic E-state index is 0.142. The Morgan fingerprint density at radius 3 is 3.00 bits per heavy atom. The molecule has 68 valence electrons. The summed E-state index contributed by atoms with van der Waals surface area (Å²) in [7, 11) is 0. The maximum absolute atomic E-state index is 5.17. The lowest BCUT2D eigenvalue weighted by Crippen LogP contribution is -2.24. The fourth-order valence-corrected chi connectivity index (χ4v) is 0.770. The quantitative estimate of drug-likeness (QED) is 0.410. The van der Waals surface area contributed by atoms with E-state index < -0.39 is 0 Å². The van der Waals surface area contributed by atoms with Crippen molar-refractivity contribution in [3.63, 3.8) is 0 Å². The Morgan fingerprint density at radius 1 is 1.69 bits per heavy atom. The van der Waals surface area contributed by atoms with Crippen molar-refractivity contribution < 1.29 is 0 Å². The number of hydrazone groups is 1. The number of nitrogens with zero attached hydrogens (tertiary/aromatic N) is 2. The first kappa shape index (κ1) is 9.60. The third kappa shape index (κ3) is 3.62. The van der Waals surface area contributed by atoms with Gasteiger partial charge in [0.25, 0.3) is 0 Å². The van der Waals surface area contributed by atoms with E-state index in [-0.39, 0.29) is 5.11 Å². The molecule has 0 saturated heterocycles. The first-order valence-electron chi connectivity index (χ1n) is 3.69. The Labute approximate surface area is 81.9 Å². The van der Waals surface area contributed by atoms with Crippen molar-refractivity contribution in [3.8, 4) is 0 Å². The van der Waals surface area contributed by atoms with Gasteiger partial charge in [-0.15, -0.1) is 0 Å². The predicted octanol–water partition coefficient (Wildman–Crippen LogP) is 0.557. The van der Waals surface area contributed by atoms with E-state index in [1.165, 1.54) is 0 Å². The zero-order chi connectivity index (χ0) is 9.68. The molecule has 0 saturated carbocycles. The van der Waals surface area contributed by atoms with E-state index in [9.17, 15) is 0 Å². The summed E-state index contributed by atoms with van der Waals surface area (Å²) in [6, 6.07) is 3.81. The monoisotopic (exact) mass is 194 g/mol. The Bertz CT molecular complexity index is 317. The van der Waals surface area contributed by atoms with Crippen LogP contribution in [0.15, 0.2) is 23.4 Å². The van der Waals surface area contributed by atoms with Crippen LogP contribution in [0.3, 0.4) is 0 Å². The van der Waals surface area contributed by atoms with Crippen LogP contribution in [0.4, 0.5) is 0 Å². The van der Waals surface area contributed by atoms with Gasteiger partial charge in [-0.2, -0.15) is 5.10 Å². The van der Waals surface area contributed by atoms with E-state index in [0.29, 0.717) is 0 Å². The molecule has 1 aromatic heterocycles. The lowest BCUT2D eigenvalue weighted by molar-refractivity contribution is 1.04. The van der Waals surface area contributed by atoms with Gasteiger partial charge in [0.2, 0.25) is 0 Å². The van der Waals surface area contributed by atoms with E-state index in [4.69, 9.17) is 5.73 Å². The number of pyridine rings is 1. The van der Waals surface area contributed by atoms with Crippen molar-refractivity contribution in [3.05, 3.63) is 29.6 Å². The van der Waals surface area contributed by atoms with Crippen molar-refractivity contribution >= 4 is 23.5 Å². The average molecular weight is 194 g/mol. The van der Waals surface area contributed by atoms with Crippen LogP contribution in [0.2, 0.25) is 0 Å². The van der Waals surface area contributed by atoms with Crippen molar-refractivity contribution in [1.29, 1.82) is 0 Å². The normalized spacial score (nSPS) is 10.2. The van der Waals surface area contributed by atoms with Crippen LogP contribution in [0.5, 0.6) is 0 Å². The fraction of sp³-hybridized carbons (Fsp3) is 0.125. The van der Waals surface area contributed by atoms with Gasteiger partial charge in [0, 0.05) is 6.20 Å². The molecule has 0 fully saturated rings. The molecule has 1 rings (SSSR count). The fourth-order valence-electron chi connectivity index (χ4n) is 0.718. The first-order valence-corrected chi connectivity index (χ1v) is 4.10. The zero-order valence-electron chi connectivity index (χ0n) is 7.19. The van der Waals surface area contributed by atoms with Gasteiger partial charge in [0.05, 0.1) is 11.9 Å². The molecule has 1 heterocycles. The van der Waals surface area contributed by atoms with Crippen LogP contribution in [-0.2, 0) is 0 Å². The molecule has 0 amide bonds. The van der Waals surface area contributed by atoms with E-state index >= 15 is 0 Å². The van der Waals surface area contributed by atoms with Crippen LogP contribution < -0.4 is 11.2 Å². The molecule has 5 heteroatoms. The summed E-state index contributed by atoms with van der Waals surface area (Å²) in [5.74, 6) is 0. The summed E-state index contributed by atoms with van der Waals surface area (Å²) in [4.78, 5) is 4.10. The van der Waals surface area contributed by atoms with Crippen molar-refractivity contribution in [1.82, 2.24) is 10.4 Å². The van der Waals surface area contributed by atoms with Crippen molar-refractivity contribution in [2.24, 2.45) is 10.8 Å². The summed E-state index contributed by atoms with van der Waals surface area (Å²) in [6.45, 7) is 1.97. The topological polar surface area (TPSA) is 63.3 Å². The van der Waals surface area contributed by atoms with Crippen LogP contribution >= 0.6 is 12.2 Å². The van der Waals surface area contributed by atoms with Crippen LogP contribution in [0.1, 0.15) is 11.3 Å². The molecule has 4 nitrogen and oxygen atoms in total. The van der Waals surface area contributed by atoms with Crippen LogP contribution in [0, 0.1) is 6.92 Å². The molecule has 13 heavy (non-hydrogen) atoms. The summed E-state index contributed by atoms with van der Waals surface area (Å²) in [5.41, 5.74) is 9.48. The minimum Gasteiger partial charge on any atom is -0.375 e. The molecule has 0 aliphatic heterocycles. The maximum Gasteiger partial charge on any atom is 0.184 e. The van der Waals surface area contributed by atoms with E-state index in [2.05, 4.69) is 27.7 Å². The molecule has 0 radical (unpaired) electrons. The molecular formula is C8H10N4S. The Balaban J connectivity index is 2.59. The second-order valence-corrected chi connectivity index (χ2v) is 2.93. The molecular weight excluding hydrogens is 184 g/mol. The Kier molecular flexibility index (Phi) is 3.33. The lowest BCUT2D eigenvalue weighted by atomic mass is 10.3. The highest BCUT2D eigenvalue weighted by Crippen LogP contribution is 1.94. The SMILES string of the molecule is Cc1ccc(/C=N\NC(N)=S)nc1. The Morgan fingerprint density at radius 2 is 2.46 bits per heavy atom. The Hall–Kier alpha value is -1.49. The van der Waals surface area contributed by atoms with E-state index in [0.717, 1.165) is 11.3 Å². The summed E-state index contributed by atoms with van der Waals surface area (Å²) in [6.07, 6.45) is 3.32. The first-order chi connectivity index (χ1) is 6.18. The molecule has 1 aromatic rings. The number of hydrogen-bond donors (Lipinski definition) is 2. The molecule has 0 atom stereocenters. The molecule has 0 unspecified atom stereocenters. The minimum atomic E-state index is 0.142. The van der Waals surface area contributed by atoms with Crippen molar-refractivity contribution in [2.75, 3.05) is 0 Å². The largest absolute Gasteiger partial charge is 0.375 e. The number of nitrogens with two attached hydrogens (primary N) is 1. The van der Waals surface area contributed by atoms with Gasteiger partial charge in [0.15, 0.2) is 5.11 Å². The van der Waals surface area contributed by atoms with Gasteiger partial charge in [-0.05, 0) is 30.8 Å². The summed E-state index contributed by atoms with van der Waals surface area (Å²) >= 11 is 4.56. The highest BCUT2D eigenvalue weighted by Gasteiger charge is 1.88. The number of thiocarbonyl (C=S) groups is 1. The predicted molar refractivity (Wildman–Crippen MR) is 56.5 cm³/mol. The summed E-state index contributed by atoms with van der Waals surface area (Å²) in [5, 5.41) is 3.91. The third-order valence-corrected chi connectivity index (χ3v) is 1.40. The average Bonchev–Trinajstić information content (AvgIpc) is 2.08. The van der Waals surface area contributed by atoms with Crippen LogP contribution in [-0.4, -0.2) is 16.3 Å². The number of rotatable bonds is 2. The van der Waals surface area contributed by atoms with Gasteiger partial charge in [-0.25, -0.2) is 0 Å². The standard InChI is InChI=1S/C8H10N4S/c1-6-2-3-7(10-4-6)5-11-12-8(9)13/h2-5H,1H3,(H3,9,12,13)/b11-5-. The highest BCUT2D eigenvalue weighted by molar-refractivity contribution is 7.80. The number of aromatic nitrogens is 1. The molecule has 0 aliphatic carbocycles. The van der Waals surface area contributed by atoms with E-state index in [1.54, 1.807) is 12.4 Å².